The number of rotatable bonds is 4. The molecule has 3 nitrogen and oxygen atoms in total. The van der Waals surface area contributed by atoms with Crippen LogP contribution in [-0.4, -0.2) is 48.8 Å². The van der Waals surface area contributed by atoms with Crippen LogP contribution in [0.1, 0.15) is 26.2 Å². The molecular formula is C10H22N2O. The number of piperidine rings is 1. The van der Waals surface area contributed by atoms with E-state index in [0.717, 1.165) is 19.5 Å². The maximum Gasteiger partial charge on any atom is 0.0586 e. The fraction of sp³-hybridized carbons (Fsp3) is 1.00. The van der Waals surface area contributed by atoms with Gasteiger partial charge in [0.05, 0.1) is 6.61 Å². The predicted octanol–water partition coefficient (Wildman–Crippen LogP) is 0.441. The fourth-order valence-electron chi connectivity index (χ4n) is 1.95. The molecule has 0 aromatic heterocycles. The van der Waals surface area contributed by atoms with Crippen LogP contribution >= 0.6 is 0 Å². The highest BCUT2D eigenvalue weighted by atomic mass is 16.3. The molecule has 1 aliphatic heterocycles. The molecule has 0 aromatic rings. The molecule has 3 heteroatoms. The van der Waals surface area contributed by atoms with Gasteiger partial charge < -0.3 is 10.4 Å². The second-order valence-electron chi connectivity index (χ2n) is 4.02. The Morgan fingerprint density at radius 3 is 2.92 bits per heavy atom. The van der Waals surface area contributed by atoms with Crippen LogP contribution in [0.15, 0.2) is 0 Å². The van der Waals surface area contributed by atoms with E-state index in [1.54, 1.807) is 0 Å². The summed E-state index contributed by atoms with van der Waals surface area (Å²) in [5.74, 6) is 0. The van der Waals surface area contributed by atoms with Crippen LogP contribution < -0.4 is 5.32 Å². The van der Waals surface area contributed by atoms with Gasteiger partial charge in [0.15, 0.2) is 0 Å². The zero-order chi connectivity index (χ0) is 9.68. The molecule has 0 aromatic carbocycles. The van der Waals surface area contributed by atoms with Gasteiger partial charge in [0.1, 0.15) is 0 Å². The summed E-state index contributed by atoms with van der Waals surface area (Å²) in [6.07, 6.45) is 3.72. The smallest absolute Gasteiger partial charge is 0.0586 e. The molecule has 2 N–H and O–H groups in total. The Bertz CT molecular complexity index is 141. The molecule has 2 unspecified atom stereocenters. The molecule has 2 atom stereocenters. The van der Waals surface area contributed by atoms with E-state index in [4.69, 9.17) is 0 Å². The van der Waals surface area contributed by atoms with Gasteiger partial charge in [-0.25, -0.2) is 0 Å². The van der Waals surface area contributed by atoms with E-state index in [1.807, 2.05) is 7.05 Å². The van der Waals surface area contributed by atoms with Crippen LogP contribution in [0.25, 0.3) is 0 Å². The normalized spacial score (nSPS) is 27.5. The number of aliphatic hydroxyl groups is 1. The standard InChI is InChI=1S/C10H22N2O/c1-9(11-2)7-12-6-4-3-5-10(12)8-13/h9-11,13H,3-8H2,1-2H3. The van der Waals surface area contributed by atoms with Crippen LogP contribution in [-0.2, 0) is 0 Å². The summed E-state index contributed by atoms with van der Waals surface area (Å²) < 4.78 is 0. The van der Waals surface area contributed by atoms with Crippen molar-refractivity contribution in [1.82, 2.24) is 10.2 Å². The van der Waals surface area contributed by atoms with Crippen molar-refractivity contribution in [2.24, 2.45) is 0 Å². The highest BCUT2D eigenvalue weighted by molar-refractivity contribution is 4.78. The third kappa shape index (κ3) is 3.25. The predicted molar refractivity (Wildman–Crippen MR) is 54.8 cm³/mol. The summed E-state index contributed by atoms with van der Waals surface area (Å²) in [4.78, 5) is 2.41. The monoisotopic (exact) mass is 186 g/mol. The van der Waals surface area contributed by atoms with Crippen molar-refractivity contribution in [2.45, 2.75) is 38.3 Å². The number of nitrogens with one attached hydrogen (secondary N) is 1. The highest BCUT2D eigenvalue weighted by Crippen LogP contribution is 2.16. The lowest BCUT2D eigenvalue weighted by atomic mass is 10.0. The zero-order valence-corrected chi connectivity index (χ0v) is 8.79. The average molecular weight is 186 g/mol. The first-order valence-corrected chi connectivity index (χ1v) is 5.30. The van der Waals surface area contributed by atoms with E-state index in [0.29, 0.717) is 18.7 Å². The van der Waals surface area contributed by atoms with Crippen LogP contribution in [0.3, 0.4) is 0 Å². The van der Waals surface area contributed by atoms with Crippen molar-refractivity contribution < 1.29 is 5.11 Å². The maximum absolute atomic E-state index is 9.18. The summed E-state index contributed by atoms with van der Waals surface area (Å²) in [5.41, 5.74) is 0. The number of likely N-dealkylation sites (tertiary alicyclic amines) is 1. The first-order valence-electron chi connectivity index (χ1n) is 5.30. The summed E-state index contributed by atoms with van der Waals surface area (Å²) in [5, 5.41) is 12.4. The topological polar surface area (TPSA) is 35.5 Å². The number of nitrogens with zero attached hydrogens (tertiary/aromatic N) is 1. The van der Waals surface area contributed by atoms with E-state index in [9.17, 15) is 5.11 Å². The van der Waals surface area contributed by atoms with Gasteiger partial charge in [-0.15, -0.1) is 0 Å². The van der Waals surface area contributed by atoms with Gasteiger partial charge >= 0.3 is 0 Å². The minimum atomic E-state index is 0.316. The van der Waals surface area contributed by atoms with E-state index in [2.05, 4.69) is 17.1 Å². The molecule has 1 rings (SSSR count). The molecule has 0 spiro atoms. The third-order valence-electron chi connectivity index (χ3n) is 2.96. The Morgan fingerprint density at radius 1 is 1.54 bits per heavy atom. The number of likely N-dealkylation sites (N-methyl/N-ethyl adjacent to an activating group) is 1. The van der Waals surface area contributed by atoms with Gasteiger partial charge in [-0.3, -0.25) is 4.90 Å². The van der Waals surface area contributed by atoms with Crippen molar-refractivity contribution in [1.29, 1.82) is 0 Å². The zero-order valence-electron chi connectivity index (χ0n) is 8.79. The number of hydrogen-bond donors (Lipinski definition) is 2. The molecule has 1 heterocycles. The second kappa shape index (κ2) is 5.58. The van der Waals surface area contributed by atoms with Gasteiger partial charge in [0.25, 0.3) is 0 Å². The van der Waals surface area contributed by atoms with Gasteiger partial charge in [-0.2, -0.15) is 0 Å². The van der Waals surface area contributed by atoms with Gasteiger partial charge in [0, 0.05) is 18.6 Å². The van der Waals surface area contributed by atoms with E-state index in [-0.39, 0.29) is 0 Å². The Hall–Kier alpha value is -0.120. The SMILES string of the molecule is CNC(C)CN1CCCCC1CO. The third-order valence-corrected chi connectivity index (χ3v) is 2.96. The summed E-state index contributed by atoms with van der Waals surface area (Å²) in [7, 11) is 1.99. The van der Waals surface area contributed by atoms with Crippen molar-refractivity contribution in [3.63, 3.8) is 0 Å². The molecule has 1 fully saturated rings. The van der Waals surface area contributed by atoms with Crippen molar-refractivity contribution in [3.05, 3.63) is 0 Å². The Balaban J connectivity index is 2.35. The van der Waals surface area contributed by atoms with Crippen LogP contribution in [0.2, 0.25) is 0 Å². The fourth-order valence-corrected chi connectivity index (χ4v) is 1.95. The van der Waals surface area contributed by atoms with E-state index in [1.165, 1.54) is 12.8 Å². The number of hydrogen-bond acceptors (Lipinski definition) is 3. The first-order chi connectivity index (χ1) is 6.27. The van der Waals surface area contributed by atoms with Crippen LogP contribution in [0, 0.1) is 0 Å². The minimum absolute atomic E-state index is 0.316. The molecule has 0 aliphatic carbocycles. The van der Waals surface area contributed by atoms with Gasteiger partial charge in [0.2, 0.25) is 0 Å². The molecule has 0 saturated carbocycles. The molecular weight excluding hydrogens is 164 g/mol. The van der Waals surface area contributed by atoms with Crippen molar-refractivity contribution in [3.8, 4) is 0 Å². The largest absolute Gasteiger partial charge is 0.395 e. The average Bonchev–Trinajstić information content (AvgIpc) is 2.18. The molecule has 0 bridgehead atoms. The molecule has 1 saturated heterocycles. The van der Waals surface area contributed by atoms with E-state index < -0.39 is 0 Å². The molecule has 78 valence electrons. The number of aliphatic hydroxyl groups excluding tert-OH is 1. The second-order valence-corrected chi connectivity index (χ2v) is 4.02. The Kier molecular flexibility index (Phi) is 4.70. The Morgan fingerprint density at radius 2 is 2.31 bits per heavy atom. The quantitative estimate of drug-likeness (QED) is 0.669. The van der Waals surface area contributed by atoms with Crippen LogP contribution in [0.5, 0.6) is 0 Å². The first kappa shape index (κ1) is 11.0. The van der Waals surface area contributed by atoms with Crippen molar-refractivity contribution in [2.75, 3.05) is 26.7 Å². The van der Waals surface area contributed by atoms with Gasteiger partial charge in [-0.05, 0) is 33.4 Å². The molecule has 0 radical (unpaired) electrons. The Labute approximate surface area is 81.1 Å². The van der Waals surface area contributed by atoms with Crippen LogP contribution in [0.4, 0.5) is 0 Å². The lowest BCUT2D eigenvalue weighted by molar-refractivity contribution is 0.0838. The maximum atomic E-state index is 9.18. The lowest BCUT2D eigenvalue weighted by Crippen LogP contribution is -2.47. The summed E-state index contributed by atoms with van der Waals surface area (Å²) >= 11 is 0. The summed E-state index contributed by atoms with van der Waals surface area (Å²) in [6, 6.07) is 0.927. The van der Waals surface area contributed by atoms with Gasteiger partial charge in [-0.1, -0.05) is 6.42 Å². The summed E-state index contributed by atoms with van der Waals surface area (Å²) in [6.45, 7) is 4.71. The molecule has 0 amide bonds. The van der Waals surface area contributed by atoms with E-state index >= 15 is 0 Å². The molecule has 1 aliphatic rings. The van der Waals surface area contributed by atoms with Crippen molar-refractivity contribution >= 4 is 0 Å². The minimum Gasteiger partial charge on any atom is -0.395 e. The molecule has 13 heavy (non-hydrogen) atoms. The highest BCUT2D eigenvalue weighted by Gasteiger charge is 2.22. The lowest BCUT2D eigenvalue weighted by Gasteiger charge is -2.36.